The van der Waals surface area contributed by atoms with E-state index in [1.807, 2.05) is 13.8 Å². The predicted molar refractivity (Wildman–Crippen MR) is 81.8 cm³/mol. The highest BCUT2D eigenvalue weighted by Gasteiger charge is 2.34. The highest BCUT2D eigenvalue weighted by Crippen LogP contribution is 2.24. The topological polar surface area (TPSA) is 61.4 Å². The molecule has 2 N–H and O–H groups in total. The summed E-state index contributed by atoms with van der Waals surface area (Å²) in [6, 6.07) is 4.83. The summed E-state index contributed by atoms with van der Waals surface area (Å²) in [4.78, 5) is 26.2. The molecule has 1 aliphatic heterocycles. The Morgan fingerprint density at radius 1 is 1.45 bits per heavy atom. The van der Waals surface area contributed by atoms with Crippen molar-refractivity contribution in [2.75, 3.05) is 13.1 Å². The van der Waals surface area contributed by atoms with Gasteiger partial charge in [0.2, 0.25) is 5.91 Å². The zero-order valence-corrected chi connectivity index (χ0v) is 12.9. The molecule has 1 heterocycles. The predicted octanol–water partition coefficient (Wildman–Crippen LogP) is 2.20. The van der Waals surface area contributed by atoms with Gasteiger partial charge in [0.05, 0.1) is 0 Å². The van der Waals surface area contributed by atoms with Gasteiger partial charge in [-0.15, -0.1) is 0 Å². The first-order chi connectivity index (χ1) is 10.6. The van der Waals surface area contributed by atoms with Gasteiger partial charge in [0.1, 0.15) is 11.9 Å². The summed E-state index contributed by atoms with van der Waals surface area (Å²) in [7, 11) is 0. The Morgan fingerprint density at radius 3 is 2.82 bits per heavy atom. The first kappa shape index (κ1) is 16.3. The molecule has 1 saturated heterocycles. The molecule has 0 saturated carbocycles. The number of hydrogen-bond acceptors (Lipinski definition) is 2. The zero-order valence-electron chi connectivity index (χ0n) is 12.9. The normalized spacial score (nSPS) is 18.3. The number of benzene rings is 1. The molecule has 22 heavy (non-hydrogen) atoms. The lowest BCUT2D eigenvalue weighted by molar-refractivity contribution is -0.127. The van der Waals surface area contributed by atoms with Crippen molar-refractivity contribution in [3.63, 3.8) is 0 Å². The molecule has 0 bridgehead atoms. The van der Waals surface area contributed by atoms with Crippen molar-refractivity contribution in [2.45, 2.75) is 38.8 Å². The molecule has 3 amide bonds. The number of nitrogens with zero attached hydrogens (tertiary/aromatic N) is 1. The van der Waals surface area contributed by atoms with Crippen LogP contribution in [0.2, 0.25) is 0 Å². The van der Waals surface area contributed by atoms with Crippen molar-refractivity contribution in [3.8, 4) is 0 Å². The van der Waals surface area contributed by atoms with Gasteiger partial charge in [-0.25, -0.2) is 9.18 Å². The van der Waals surface area contributed by atoms with Gasteiger partial charge >= 0.3 is 6.03 Å². The summed E-state index contributed by atoms with van der Waals surface area (Å²) in [6.07, 6.45) is 1.65. The number of carbonyl (C=O) groups is 2. The number of nitrogens with one attached hydrogen (secondary N) is 2. The summed E-state index contributed by atoms with van der Waals surface area (Å²) < 4.78 is 13.4. The molecule has 6 heteroatoms. The second kappa shape index (κ2) is 7.24. The van der Waals surface area contributed by atoms with Crippen LogP contribution in [0, 0.1) is 5.82 Å². The Balaban J connectivity index is 2.23. The fourth-order valence-corrected chi connectivity index (χ4v) is 2.64. The molecule has 1 aliphatic rings. The summed E-state index contributed by atoms with van der Waals surface area (Å²) in [5, 5.41) is 5.67. The van der Waals surface area contributed by atoms with Crippen molar-refractivity contribution in [2.24, 2.45) is 0 Å². The molecule has 1 aromatic rings. The van der Waals surface area contributed by atoms with Crippen LogP contribution in [0.3, 0.4) is 0 Å². The molecule has 1 atom stereocenters. The van der Waals surface area contributed by atoms with Crippen LogP contribution in [-0.2, 0) is 4.79 Å². The lowest BCUT2D eigenvalue weighted by atomic mass is 10.0. The van der Waals surface area contributed by atoms with Gasteiger partial charge in [-0.1, -0.05) is 26.0 Å². The van der Waals surface area contributed by atoms with E-state index < -0.39 is 11.9 Å². The lowest BCUT2D eigenvalue weighted by Gasteiger charge is -2.36. The van der Waals surface area contributed by atoms with Crippen LogP contribution in [0.15, 0.2) is 24.3 Å². The maximum atomic E-state index is 13.4. The van der Waals surface area contributed by atoms with Gasteiger partial charge in [-0.2, -0.15) is 0 Å². The third-order valence-corrected chi connectivity index (χ3v) is 3.95. The van der Waals surface area contributed by atoms with E-state index in [1.54, 1.807) is 12.1 Å². The van der Waals surface area contributed by atoms with E-state index in [1.165, 1.54) is 17.0 Å². The van der Waals surface area contributed by atoms with Gasteiger partial charge in [-0.3, -0.25) is 4.79 Å². The van der Waals surface area contributed by atoms with Crippen LogP contribution >= 0.6 is 0 Å². The number of urea groups is 1. The summed E-state index contributed by atoms with van der Waals surface area (Å²) >= 11 is 0. The van der Waals surface area contributed by atoms with Crippen LogP contribution < -0.4 is 10.6 Å². The minimum Gasteiger partial charge on any atom is -0.352 e. The Labute approximate surface area is 129 Å². The number of amides is 3. The highest BCUT2D eigenvalue weighted by molar-refractivity contribution is 5.89. The van der Waals surface area contributed by atoms with Gasteiger partial charge < -0.3 is 15.5 Å². The molecule has 5 nitrogen and oxygen atoms in total. The van der Waals surface area contributed by atoms with Crippen molar-refractivity contribution in [3.05, 3.63) is 35.6 Å². The average Bonchev–Trinajstić information content (AvgIpc) is 2.52. The molecule has 2 rings (SSSR count). The van der Waals surface area contributed by atoms with E-state index in [0.29, 0.717) is 18.7 Å². The molecule has 1 aromatic carbocycles. The lowest BCUT2D eigenvalue weighted by Crippen LogP contribution is -2.56. The third-order valence-electron chi connectivity index (χ3n) is 3.95. The summed E-state index contributed by atoms with van der Waals surface area (Å²) in [6.45, 7) is 4.81. The second-order valence-corrected chi connectivity index (χ2v) is 5.40. The summed E-state index contributed by atoms with van der Waals surface area (Å²) in [5.74, 6) is -0.701. The number of rotatable bonds is 4. The average molecular weight is 307 g/mol. The standard InChI is InChI=1S/C16H22FN3O2/c1-3-13(4-2)19-16(22)20-9-8-18-15(21)14(20)11-6-5-7-12(17)10-11/h5-7,10,13-14H,3-4,8-9H2,1-2H3,(H,18,21)(H,19,22)/t14-/m0/s1. The van der Waals surface area contributed by atoms with Crippen LogP contribution in [0.25, 0.3) is 0 Å². The largest absolute Gasteiger partial charge is 0.352 e. The molecular formula is C16H22FN3O2. The first-order valence-electron chi connectivity index (χ1n) is 7.67. The monoisotopic (exact) mass is 307 g/mol. The molecular weight excluding hydrogens is 285 g/mol. The maximum Gasteiger partial charge on any atom is 0.318 e. The molecule has 0 unspecified atom stereocenters. The fourth-order valence-electron chi connectivity index (χ4n) is 2.64. The third kappa shape index (κ3) is 3.55. The fraction of sp³-hybridized carbons (Fsp3) is 0.500. The van der Waals surface area contributed by atoms with E-state index >= 15 is 0 Å². The van der Waals surface area contributed by atoms with Crippen LogP contribution in [0.1, 0.15) is 38.3 Å². The van der Waals surface area contributed by atoms with Crippen molar-refractivity contribution in [1.29, 1.82) is 0 Å². The molecule has 1 fully saturated rings. The van der Waals surface area contributed by atoms with Crippen molar-refractivity contribution in [1.82, 2.24) is 15.5 Å². The number of hydrogen-bond donors (Lipinski definition) is 2. The zero-order chi connectivity index (χ0) is 16.1. The number of carbonyl (C=O) groups excluding carboxylic acids is 2. The van der Waals surface area contributed by atoms with Crippen LogP contribution in [0.4, 0.5) is 9.18 Å². The minimum absolute atomic E-state index is 0.0747. The Hall–Kier alpha value is -2.11. The van der Waals surface area contributed by atoms with E-state index in [9.17, 15) is 14.0 Å². The minimum atomic E-state index is -0.793. The molecule has 0 radical (unpaired) electrons. The van der Waals surface area contributed by atoms with E-state index in [0.717, 1.165) is 12.8 Å². The highest BCUT2D eigenvalue weighted by atomic mass is 19.1. The molecule has 0 aliphatic carbocycles. The summed E-state index contributed by atoms with van der Waals surface area (Å²) in [5.41, 5.74) is 0.483. The Morgan fingerprint density at radius 2 is 2.18 bits per heavy atom. The van der Waals surface area contributed by atoms with Gasteiger partial charge in [-0.05, 0) is 30.5 Å². The molecule has 0 aromatic heterocycles. The van der Waals surface area contributed by atoms with Gasteiger partial charge in [0.15, 0.2) is 0 Å². The second-order valence-electron chi connectivity index (χ2n) is 5.40. The number of halogens is 1. The first-order valence-corrected chi connectivity index (χ1v) is 7.67. The maximum absolute atomic E-state index is 13.4. The van der Waals surface area contributed by atoms with Crippen LogP contribution in [-0.4, -0.2) is 36.0 Å². The van der Waals surface area contributed by atoms with Crippen molar-refractivity contribution < 1.29 is 14.0 Å². The van der Waals surface area contributed by atoms with E-state index in [-0.39, 0.29) is 18.0 Å². The van der Waals surface area contributed by atoms with Gasteiger partial charge in [0, 0.05) is 19.1 Å². The molecule has 120 valence electrons. The SMILES string of the molecule is CCC(CC)NC(=O)N1CCNC(=O)[C@@H]1c1cccc(F)c1. The smallest absolute Gasteiger partial charge is 0.318 e. The van der Waals surface area contributed by atoms with E-state index in [4.69, 9.17) is 0 Å². The van der Waals surface area contributed by atoms with Gasteiger partial charge in [0.25, 0.3) is 0 Å². The van der Waals surface area contributed by atoms with Crippen LogP contribution in [0.5, 0.6) is 0 Å². The number of piperazine rings is 1. The van der Waals surface area contributed by atoms with E-state index in [2.05, 4.69) is 10.6 Å². The molecule has 0 spiro atoms. The quantitative estimate of drug-likeness (QED) is 0.896. The van der Waals surface area contributed by atoms with Crippen molar-refractivity contribution >= 4 is 11.9 Å². The Bertz CT molecular complexity index is 546. The Kier molecular flexibility index (Phi) is 5.35.